The largest absolute Gasteiger partial charge is 0.463 e. The minimum atomic E-state index is -0.00696. The zero-order valence-electron chi connectivity index (χ0n) is 13.3. The van der Waals surface area contributed by atoms with Gasteiger partial charge in [-0.15, -0.1) is 16.1 Å². The summed E-state index contributed by atoms with van der Waals surface area (Å²) in [6.07, 6.45) is 4.79. The highest BCUT2D eigenvalue weighted by Crippen LogP contribution is 2.41. The number of piperidine rings is 1. The molecule has 0 aromatic carbocycles. The maximum atomic E-state index is 5.86. The van der Waals surface area contributed by atoms with Crippen molar-refractivity contribution in [2.24, 2.45) is 11.3 Å². The van der Waals surface area contributed by atoms with E-state index in [9.17, 15) is 0 Å². The van der Waals surface area contributed by atoms with Crippen molar-refractivity contribution in [2.75, 3.05) is 32.0 Å². The van der Waals surface area contributed by atoms with Crippen LogP contribution in [0, 0.1) is 23.2 Å². The Morgan fingerprint density at radius 3 is 3.22 bits per heavy atom. The van der Waals surface area contributed by atoms with Crippen molar-refractivity contribution in [3.8, 4) is 17.7 Å². The Labute approximate surface area is 146 Å². The highest BCUT2D eigenvalue weighted by Gasteiger charge is 2.39. The molecule has 2 saturated heterocycles. The Balaban J connectivity index is 1.40. The summed E-state index contributed by atoms with van der Waals surface area (Å²) >= 11 is 3.08. The van der Waals surface area contributed by atoms with Gasteiger partial charge in [0.05, 0.1) is 17.1 Å². The van der Waals surface area contributed by atoms with Gasteiger partial charge in [0.15, 0.2) is 6.61 Å². The van der Waals surface area contributed by atoms with Gasteiger partial charge in [0, 0.05) is 24.8 Å². The number of fused-ring (bicyclic) bond motifs is 2. The molecule has 2 bridgehead atoms. The second kappa shape index (κ2) is 6.46. The van der Waals surface area contributed by atoms with Gasteiger partial charge in [0.25, 0.3) is 0 Å². The summed E-state index contributed by atoms with van der Waals surface area (Å²) in [7, 11) is 0. The van der Waals surface area contributed by atoms with Crippen LogP contribution in [0.25, 0.3) is 0 Å². The second-order valence-electron chi connectivity index (χ2n) is 6.84. The van der Waals surface area contributed by atoms with Crippen LogP contribution in [-0.2, 0) is 0 Å². The van der Waals surface area contributed by atoms with E-state index in [2.05, 4.69) is 43.9 Å². The monoisotopic (exact) mass is 347 g/mol. The zero-order valence-corrected chi connectivity index (χ0v) is 15.0. The lowest BCUT2D eigenvalue weighted by Crippen LogP contribution is -2.25. The molecule has 0 N–H and O–H groups in total. The Bertz CT molecular complexity index is 662. The fourth-order valence-corrected chi connectivity index (χ4v) is 5.29. The van der Waals surface area contributed by atoms with E-state index in [0.717, 1.165) is 23.9 Å². The van der Waals surface area contributed by atoms with E-state index in [0.29, 0.717) is 18.4 Å². The van der Waals surface area contributed by atoms with E-state index in [-0.39, 0.29) is 5.41 Å². The molecule has 3 aliphatic heterocycles. The van der Waals surface area contributed by atoms with Crippen molar-refractivity contribution in [3.05, 3.63) is 17.2 Å². The van der Waals surface area contributed by atoms with Crippen molar-refractivity contribution < 1.29 is 4.74 Å². The number of ether oxygens (including phenoxy) is 1. The summed E-state index contributed by atoms with van der Waals surface area (Å²) in [5.74, 6) is 9.43. The number of hydrogen-bond acceptors (Lipinski definition) is 6. The van der Waals surface area contributed by atoms with Crippen molar-refractivity contribution >= 4 is 23.5 Å². The number of hydrogen-bond donors (Lipinski definition) is 0. The van der Waals surface area contributed by atoms with Gasteiger partial charge in [0.1, 0.15) is 5.69 Å². The Hall–Kier alpha value is -1.03. The minimum Gasteiger partial charge on any atom is -0.463 e. The molecule has 1 aromatic heterocycles. The molecule has 1 aromatic rings. The summed E-state index contributed by atoms with van der Waals surface area (Å²) in [5.41, 5.74) is 1.06. The highest BCUT2D eigenvalue weighted by atomic mass is 32.2. The van der Waals surface area contributed by atoms with E-state index < -0.39 is 0 Å². The molecule has 2 fully saturated rings. The molecule has 4 rings (SSSR count). The quantitative estimate of drug-likeness (QED) is 0.786. The molecule has 0 aliphatic carbocycles. The van der Waals surface area contributed by atoms with Crippen molar-refractivity contribution in [1.82, 2.24) is 13.6 Å². The Morgan fingerprint density at radius 2 is 2.39 bits per heavy atom. The molecular weight excluding hydrogens is 326 g/mol. The van der Waals surface area contributed by atoms with Gasteiger partial charge in [-0.05, 0) is 37.6 Å². The lowest BCUT2D eigenvalue weighted by atomic mass is 9.89. The number of rotatable bonds is 3. The summed E-state index contributed by atoms with van der Waals surface area (Å²) < 4.78 is 14.8. The third-order valence-corrected chi connectivity index (χ3v) is 6.59. The van der Waals surface area contributed by atoms with Crippen molar-refractivity contribution in [1.29, 1.82) is 0 Å². The molecule has 0 radical (unpaired) electrons. The molecule has 0 amide bonds. The minimum absolute atomic E-state index is 0.00696. The third kappa shape index (κ3) is 3.28. The second-order valence-corrected chi connectivity index (χ2v) is 8.27. The number of nitrogens with zero attached hydrogens (tertiary/aromatic N) is 3. The topological polar surface area (TPSA) is 38.3 Å². The highest BCUT2D eigenvalue weighted by molar-refractivity contribution is 8.02. The molecular formula is C17H21N3OS2. The van der Waals surface area contributed by atoms with E-state index in [1.54, 1.807) is 0 Å². The Kier molecular flexibility index (Phi) is 4.35. The first-order chi connectivity index (χ1) is 11.2. The number of aromatic nitrogens is 2. The van der Waals surface area contributed by atoms with Gasteiger partial charge in [-0.3, -0.25) is 0 Å². The molecule has 0 spiro atoms. The van der Waals surface area contributed by atoms with Gasteiger partial charge in [-0.25, -0.2) is 0 Å². The molecule has 4 heterocycles. The van der Waals surface area contributed by atoms with Crippen molar-refractivity contribution in [2.45, 2.75) is 25.7 Å². The van der Waals surface area contributed by atoms with E-state index in [1.165, 1.54) is 37.7 Å². The summed E-state index contributed by atoms with van der Waals surface area (Å²) in [6, 6.07) is 0. The van der Waals surface area contributed by atoms with Gasteiger partial charge >= 0.3 is 0 Å². The van der Waals surface area contributed by atoms with Crippen molar-refractivity contribution in [3.63, 3.8) is 0 Å². The van der Waals surface area contributed by atoms with Crippen LogP contribution in [0.15, 0.2) is 11.5 Å². The Morgan fingerprint density at radius 1 is 1.43 bits per heavy atom. The van der Waals surface area contributed by atoms with Crippen LogP contribution < -0.4 is 4.74 Å². The van der Waals surface area contributed by atoms with Crippen LogP contribution in [0.1, 0.15) is 31.4 Å². The van der Waals surface area contributed by atoms with Crippen LogP contribution in [0.5, 0.6) is 5.88 Å². The maximum absolute atomic E-state index is 5.86. The van der Waals surface area contributed by atoms with Crippen LogP contribution in [-0.4, -0.2) is 45.6 Å². The zero-order chi connectivity index (χ0) is 15.7. The molecule has 3 aliphatic rings. The van der Waals surface area contributed by atoms with Gasteiger partial charge in [-0.2, -0.15) is 4.37 Å². The molecule has 0 saturated carbocycles. The first-order valence-electron chi connectivity index (χ1n) is 8.20. The summed E-state index contributed by atoms with van der Waals surface area (Å²) in [5, 5.41) is 2.13. The lowest BCUT2D eigenvalue weighted by Gasteiger charge is -2.21. The number of thioether (sulfide) groups is 1. The molecule has 4 atom stereocenters. The fraction of sp³-hybridized carbons (Fsp3) is 0.647. The standard InChI is InChI=1S/C17H21N3OS2/c1-17(6-9-22-12-17)5-3-8-21-16-15(18-23-19-16)14-11-20-7-2-4-13(14)10-20/h6,9,13-14H,2,4,7-8,10-12H2,1H3/t13-,14+,17?/m1/s1. The average Bonchev–Trinajstić information content (AvgIpc) is 3.24. The van der Waals surface area contributed by atoms with Crippen LogP contribution in [0.2, 0.25) is 0 Å². The number of allylic oxidation sites excluding steroid dienone is 1. The maximum Gasteiger partial charge on any atom is 0.250 e. The van der Waals surface area contributed by atoms with E-state index >= 15 is 0 Å². The fourth-order valence-electron chi connectivity index (χ4n) is 3.72. The molecule has 23 heavy (non-hydrogen) atoms. The predicted molar refractivity (Wildman–Crippen MR) is 94.8 cm³/mol. The van der Waals surface area contributed by atoms with Crippen LogP contribution in [0.3, 0.4) is 0 Å². The molecule has 4 nitrogen and oxygen atoms in total. The van der Waals surface area contributed by atoms with Gasteiger partial charge < -0.3 is 9.64 Å². The lowest BCUT2D eigenvalue weighted by molar-refractivity contribution is 0.269. The summed E-state index contributed by atoms with van der Waals surface area (Å²) in [4.78, 5) is 2.55. The SMILES string of the molecule is CC1(C#CCOc2nsnc2[C@H]2CN3CCC[C@@H]2C3)C=CSC1. The van der Waals surface area contributed by atoms with E-state index in [1.807, 2.05) is 11.8 Å². The molecule has 122 valence electrons. The van der Waals surface area contributed by atoms with E-state index in [4.69, 9.17) is 4.74 Å². The molecule has 2 unspecified atom stereocenters. The first kappa shape index (κ1) is 15.5. The van der Waals surface area contributed by atoms with Crippen LogP contribution >= 0.6 is 23.5 Å². The average molecular weight is 348 g/mol. The van der Waals surface area contributed by atoms with Gasteiger partial charge in [-0.1, -0.05) is 17.9 Å². The predicted octanol–water partition coefficient (Wildman–Crippen LogP) is 3.00. The summed E-state index contributed by atoms with van der Waals surface area (Å²) in [6.45, 7) is 6.12. The van der Waals surface area contributed by atoms with Crippen LogP contribution in [0.4, 0.5) is 0 Å². The normalized spacial score (nSPS) is 35.1. The molecule has 6 heteroatoms. The third-order valence-electron chi connectivity index (χ3n) is 4.97. The van der Waals surface area contributed by atoms with Gasteiger partial charge in [0.2, 0.25) is 5.88 Å². The smallest absolute Gasteiger partial charge is 0.250 e. The first-order valence-corrected chi connectivity index (χ1v) is 9.98.